The summed E-state index contributed by atoms with van der Waals surface area (Å²) in [7, 11) is 0. The Labute approximate surface area is 100 Å². The van der Waals surface area contributed by atoms with Crippen LogP contribution in [0.1, 0.15) is 0 Å². The number of hydrogen-bond acceptors (Lipinski definition) is 3. The first kappa shape index (κ1) is 10.8. The van der Waals surface area contributed by atoms with E-state index < -0.39 is 4.92 Å². The van der Waals surface area contributed by atoms with Gasteiger partial charge in [-0.1, -0.05) is 30.3 Å². The zero-order chi connectivity index (χ0) is 11.5. The first-order chi connectivity index (χ1) is 7.68. The number of benzene rings is 1. The van der Waals surface area contributed by atoms with Crippen LogP contribution in [0.3, 0.4) is 0 Å². The van der Waals surface area contributed by atoms with Gasteiger partial charge in [-0.15, -0.1) is 0 Å². The summed E-state index contributed by atoms with van der Waals surface area (Å²) in [5, 5.41) is 10.6. The van der Waals surface area contributed by atoms with Crippen LogP contribution in [0.25, 0.3) is 11.1 Å². The summed E-state index contributed by atoms with van der Waals surface area (Å²) in [5.74, 6) is 0. The third-order valence-corrected chi connectivity index (χ3v) is 2.75. The highest BCUT2D eigenvalue weighted by Crippen LogP contribution is 2.29. The molecule has 2 aromatic rings. The quantitative estimate of drug-likeness (QED) is 0.481. The van der Waals surface area contributed by atoms with Crippen LogP contribution in [-0.4, -0.2) is 9.91 Å². The molecule has 0 aliphatic carbocycles. The van der Waals surface area contributed by atoms with Crippen molar-refractivity contribution in [3.8, 4) is 11.1 Å². The Bertz CT molecular complexity index is 529. The number of halogens is 1. The van der Waals surface area contributed by atoms with Gasteiger partial charge in [0.1, 0.15) is 10.8 Å². The van der Waals surface area contributed by atoms with E-state index in [9.17, 15) is 10.1 Å². The molecule has 0 saturated carbocycles. The second kappa shape index (κ2) is 4.40. The Morgan fingerprint density at radius 3 is 2.56 bits per heavy atom. The Balaban J connectivity index is 2.56. The van der Waals surface area contributed by atoms with Crippen molar-refractivity contribution in [2.45, 2.75) is 0 Å². The average Bonchev–Trinajstić information content (AvgIpc) is 2.30. The summed E-state index contributed by atoms with van der Waals surface area (Å²) in [4.78, 5) is 14.1. The summed E-state index contributed by atoms with van der Waals surface area (Å²) >= 11 is 3.28. The van der Waals surface area contributed by atoms with Gasteiger partial charge >= 0.3 is 0 Å². The summed E-state index contributed by atoms with van der Waals surface area (Å²) in [6.45, 7) is 0. The lowest BCUT2D eigenvalue weighted by Crippen LogP contribution is -1.91. The number of nitrogens with zero attached hydrogens (tertiary/aromatic N) is 2. The molecular weight excluding hydrogens is 272 g/mol. The number of pyridine rings is 1. The highest BCUT2D eigenvalue weighted by atomic mass is 79.9. The van der Waals surface area contributed by atoms with Crippen LogP contribution in [-0.2, 0) is 0 Å². The molecule has 0 unspecified atom stereocenters. The van der Waals surface area contributed by atoms with Crippen molar-refractivity contribution in [1.29, 1.82) is 0 Å². The van der Waals surface area contributed by atoms with Gasteiger partial charge in [-0.25, -0.2) is 4.98 Å². The third kappa shape index (κ3) is 2.09. The second-order valence-corrected chi connectivity index (χ2v) is 3.91. The van der Waals surface area contributed by atoms with E-state index in [1.807, 2.05) is 30.3 Å². The predicted octanol–water partition coefficient (Wildman–Crippen LogP) is 3.42. The fourth-order valence-electron chi connectivity index (χ4n) is 1.36. The zero-order valence-electron chi connectivity index (χ0n) is 8.13. The lowest BCUT2D eigenvalue weighted by Gasteiger charge is -2.03. The molecule has 2 rings (SSSR count). The van der Waals surface area contributed by atoms with Crippen LogP contribution < -0.4 is 0 Å². The summed E-state index contributed by atoms with van der Waals surface area (Å²) in [6, 6.07) is 10.9. The van der Waals surface area contributed by atoms with E-state index in [0.29, 0.717) is 4.60 Å². The van der Waals surface area contributed by atoms with Crippen molar-refractivity contribution >= 4 is 21.6 Å². The van der Waals surface area contributed by atoms with Gasteiger partial charge in [0.2, 0.25) is 0 Å². The van der Waals surface area contributed by atoms with Crippen LogP contribution in [0.15, 0.2) is 47.2 Å². The van der Waals surface area contributed by atoms with Crippen molar-refractivity contribution < 1.29 is 4.92 Å². The van der Waals surface area contributed by atoms with E-state index in [1.165, 1.54) is 12.3 Å². The maximum absolute atomic E-state index is 10.6. The van der Waals surface area contributed by atoms with Crippen LogP contribution in [0, 0.1) is 10.1 Å². The van der Waals surface area contributed by atoms with Gasteiger partial charge < -0.3 is 0 Å². The Morgan fingerprint density at radius 2 is 1.94 bits per heavy atom. The van der Waals surface area contributed by atoms with Crippen molar-refractivity contribution in [1.82, 2.24) is 4.98 Å². The molecule has 4 nitrogen and oxygen atoms in total. The summed E-state index contributed by atoms with van der Waals surface area (Å²) in [6.07, 6.45) is 1.23. The van der Waals surface area contributed by atoms with Crippen LogP contribution in [0.2, 0.25) is 0 Å². The molecule has 0 saturated heterocycles. The Morgan fingerprint density at radius 1 is 1.25 bits per heavy atom. The molecule has 0 bridgehead atoms. The van der Waals surface area contributed by atoms with Gasteiger partial charge in [-0.2, -0.15) is 0 Å². The van der Waals surface area contributed by atoms with Crippen molar-refractivity contribution in [3.63, 3.8) is 0 Å². The molecule has 0 fully saturated rings. The fraction of sp³-hybridized carbons (Fsp3) is 0. The first-order valence-electron chi connectivity index (χ1n) is 4.54. The van der Waals surface area contributed by atoms with Gasteiger partial charge in [-0.05, 0) is 21.5 Å². The SMILES string of the molecule is O=[N+]([O-])c1cnc(Br)c(-c2ccccc2)c1. The van der Waals surface area contributed by atoms with E-state index in [0.717, 1.165) is 11.1 Å². The van der Waals surface area contributed by atoms with E-state index in [-0.39, 0.29) is 5.69 Å². The third-order valence-electron chi connectivity index (χ3n) is 2.12. The standard InChI is InChI=1S/C11H7BrN2O2/c12-11-10(8-4-2-1-3-5-8)6-9(7-13-11)14(15)16/h1-7H. The lowest BCUT2D eigenvalue weighted by molar-refractivity contribution is -0.385. The molecule has 0 N–H and O–H groups in total. The first-order valence-corrected chi connectivity index (χ1v) is 5.33. The smallest absolute Gasteiger partial charge is 0.258 e. The summed E-state index contributed by atoms with van der Waals surface area (Å²) < 4.78 is 0.601. The minimum Gasteiger partial charge on any atom is -0.258 e. The average molecular weight is 279 g/mol. The van der Waals surface area contributed by atoms with E-state index >= 15 is 0 Å². The van der Waals surface area contributed by atoms with Gasteiger partial charge in [0.25, 0.3) is 5.69 Å². The van der Waals surface area contributed by atoms with Crippen molar-refractivity contribution in [2.75, 3.05) is 0 Å². The van der Waals surface area contributed by atoms with Crippen LogP contribution in [0.5, 0.6) is 0 Å². The highest BCUT2D eigenvalue weighted by Gasteiger charge is 2.11. The topological polar surface area (TPSA) is 56.0 Å². The normalized spacial score (nSPS) is 10.1. The molecule has 1 aromatic heterocycles. The van der Waals surface area contributed by atoms with E-state index in [1.54, 1.807) is 0 Å². The molecule has 16 heavy (non-hydrogen) atoms. The van der Waals surface area contributed by atoms with Crippen molar-refractivity contribution in [3.05, 3.63) is 57.3 Å². The van der Waals surface area contributed by atoms with E-state index in [4.69, 9.17) is 0 Å². The Kier molecular flexibility index (Phi) is 2.96. The molecule has 0 aliphatic rings. The van der Waals surface area contributed by atoms with Gasteiger partial charge in [0, 0.05) is 11.6 Å². The molecule has 0 aliphatic heterocycles. The van der Waals surface area contributed by atoms with Crippen LogP contribution >= 0.6 is 15.9 Å². The number of rotatable bonds is 2. The molecule has 1 aromatic carbocycles. The molecule has 0 atom stereocenters. The molecular formula is C11H7BrN2O2. The lowest BCUT2D eigenvalue weighted by atomic mass is 10.1. The monoisotopic (exact) mass is 278 g/mol. The summed E-state index contributed by atoms with van der Waals surface area (Å²) in [5.41, 5.74) is 1.60. The molecule has 1 heterocycles. The van der Waals surface area contributed by atoms with Gasteiger partial charge in [0.05, 0.1) is 4.92 Å². The maximum Gasteiger partial charge on any atom is 0.288 e. The zero-order valence-corrected chi connectivity index (χ0v) is 9.72. The largest absolute Gasteiger partial charge is 0.288 e. The maximum atomic E-state index is 10.6. The van der Waals surface area contributed by atoms with E-state index in [2.05, 4.69) is 20.9 Å². The molecule has 5 heteroatoms. The number of nitro groups is 1. The molecule has 0 amide bonds. The minimum absolute atomic E-state index is 0.0120. The molecule has 80 valence electrons. The van der Waals surface area contributed by atoms with Crippen LogP contribution in [0.4, 0.5) is 5.69 Å². The highest BCUT2D eigenvalue weighted by molar-refractivity contribution is 9.10. The van der Waals surface area contributed by atoms with Gasteiger partial charge in [0.15, 0.2) is 0 Å². The minimum atomic E-state index is -0.453. The second-order valence-electron chi connectivity index (χ2n) is 3.16. The fourth-order valence-corrected chi connectivity index (χ4v) is 1.80. The molecule has 0 radical (unpaired) electrons. The van der Waals surface area contributed by atoms with Crippen molar-refractivity contribution in [2.24, 2.45) is 0 Å². The Hall–Kier alpha value is -1.75. The number of aromatic nitrogens is 1. The predicted molar refractivity (Wildman–Crippen MR) is 64.0 cm³/mol. The van der Waals surface area contributed by atoms with Gasteiger partial charge in [-0.3, -0.25) is 10.1 Å². The molecule has 0 spiro atoms. The number of hydrogen-bond donors (Lipinski definition) is 0.